The van der Waals surface area contributed by atoms with Crippen LogP contribution in [-0.2, 0) is 0 Å². The van der Waals surface area contributed by atoms with Gasteiger partial charge in [-0.3, -0.25) is 4.99 Å². The number of hydrogen-bond acceptors (Lipinski definition) is 1. The lowest BCUT2D eigenvalue weighted by molar-refractivity contribution is 0.618. The first-order valence-electron chi connectivity index (χ1n) is 5.07. The van der Waals surface area contributed by atoms with E-state index >= 15 is 0 Å². The van der Waals surface area contributed by atoms with Crippen LogP contribution in [0.1, 0.15) is 40.0 Å². The molecular formula is C12H21N. The lowest BCUT2D eigenvalue weighted by Crippen LogP contribution is -2.01. The van der Waals surface area contributed by atoms with Crippen LogP contribution in [0.3, 0.4) is 0 Å². The Hall–Kier alpha value is -0.850. The molecule has 0 N–H and O–H groups in total. The number of unbranched alkanes of at least 4 members (excludes halogenated alkanes) is 1. The van der Waals surface area contributed by atoms with Crippen molar-refractivity contribution in [1.29, 1.82) is 0 Å². The maximum atomic E-state index is 4.53. The van der Waals surface area contributed by atoms with E-state index in [2.05, 4.69) is 25.4 Å². The molecule has 74 valence electrons. The largest absolute Gasteiger partial charge is 0.282 e. The number of hydrogen-bond donors (Lipinski definition) is 0. The third-order valence-electron chi connectivity index (χ3n) is 1.89. The van der Waals surface area contributed by atoms with Gasteiger partial charge in [0.25, 0.3) is 0 Å². The molecule has 0 aromatic rings. The Morgan fingerprint density at radius 1 is 1.54 bits per heavy atom. The van der Waals surface area contributed by atoms with Crippen LogP contribution < -0.4 is 0 Å². The Bertz CT molecular complexity index is 189. The summed E-state index contributed by atoms with van der Waals surface area (Å²) in [4.78, 5) is 4.53. The van der Waals surface area contributed by atoms with Crippen LogP contribution in [0.2, 0.25) is 0 Å². The molecule has 0 radical (unpaired) electrons. The van der Waals surface area contributed by atoms with Gasteiger partial charge in [0.1, 0.15) is 0 Å². The summed E-state index contributed by atoms with van der Waals surface area (Å²) in [5.74, 6) is 0. The highest BCUT2D eigenvalue weighted by Crippen LogP contribution is 2.04. The average molecular weight is 179 g/mol. The van der Waals surface area contributed by atoms with Gasteiger partial charge in [-0.05, 0) is 32.4 Å². The highest BCUT2D eigenvalue weighted by atomic mass is 14.8. The number of nitrogens with zero attached hydrogens (tertiary/aromatic N) is 1. The molecule has 0 heterocycles. The van der Waals surface area contributed by atoms with Crippen LogP contribution in [0.5, 0.6) is 0 Å². The van der Waals surface area contributed by atoms with Crippen LogP contribution in [0.4, 0.5) is 0 Å². The SMILES string of the molecule is C=CC(/C=C\C)=N/C(C)CCCC. The van der Waals surface area contributed by atoms with E-state index in [0.29, 0.717) is 6.04 Å². The van der Waals surface area contributed by atoms with E-state index in [1.165, 1.54) is 19.3 Å². The van der Waals surface area contributed by atoms with Crippen molar-refractivity contribution in [3.63, 3.8) is 0 Å². The first kappa shape index (κ1) is 12.2. The minimum absolute atomic E-state index is 0.421. The normalized spacial score (nSPS) is 14.8. The van der Waals surface area contributed by atoms with Crippen molar-refractivity contribution in [2.24, 2.45) is 4.99 Å². The van der Waals surface area contributed by atoms with E-state index in [0.717, 1.165) is 5.71 Å². The van der Waals surface area contributed by atoms with E-state index < -0.39 is 0 Å². The molecule has 0 aliphatic heterocycles. The predicted octanol–water partition coefficient (Wildman–Crippen LogP) is 3.77. The van der Waals surface area contributed by atoms with Crippen LogP contribution in [-0.4, -0.2) is 11.8 Å². The van der Waals surface area contributed by atoms with Crippen molar-refractivity contribution >= 4 is 5.71 Å². The highest BCUT2D eigenvalue weighted by Gasteiger charge is 1.97. The summed E-state index contributed by atoms with van der Waals surface area (Å²) in [6, 6.07) is 0.421. The van der Waals surface area contributed by atoms with Gasteiger partial charge in [-0.15, -0.1) is 0 Å². The Kier molecular flexibility index (Phi) is 7.27. The maximum absolute atomic E-state index is 4.53. The quantitative estimate of drug-likeness (QED) is 0.550. The first-order chi connectivity index (χ1) is 6.24. The van der Waals surface area contributed by atoms with Crippen LogP contribution in [0.15, 0.2) is 29.8 Å². The topological polar surface area (TPSA) is 12.4 Å². The van der Waals surface area contributed by atoms with E-state index in [1.54, 1.807) is 0 Å². The fourth-order valence-corrected chi connectivity index (χ4v) is 1.15. The third-order valence-corrected chi connectivity index (χ3v) is 1.89. The molecule has 0 spiro atoms. The average Bonchev–Trinajstić information content (AvgIpc) is 2.14. The molecule has 0 saturated carbocycles. The lowest BCUT2D eigenvalue weighted by Gasteiger charge is -2.05. The molecule has 0 bridgehead atoms. The highest BCUT2D eigenvalue weighted by molar-refractivity contribution is 6.03. The summed E-state index contributed by atoms with van der Waals surface area (Å²) >= 11 is 0. The molecular weight excluding hydrogens is 158 g/mol. The molecule has 1 atom stereocenters. The monoisotopic (exact) mass is 179 g/mol. The van der Waals surface area contributed by atoms with Gasteiger partial charge >= 0.3 is 0 Å². The zero-order chi connectivity index (χ0) is 10.1. The van der Waals surface area contributed by atoms with Crippen molar-refractivity contribution in [2.45, 2.75) is 46.1 Å². The second kappa shape index (κ2) is 7.78. The number of aliphatic imine (C=N–C) groups is 1. The zero-order valence-corrected chi connectivity index (χ0v) is 9.09. The third kappa shape index (κ3) is 6.32. The van der Waals surface area contributed by atoms with Crippen LogP contribution in [0, 0.1) is 0 Å². The second-order valence-corrected chi connectivity index (χ2v) is 3.25. The van der Waals surface area contributed by atoms with Crippen LogP contribution in [0.25, 0.3) is 0 Å². The smallest absolute Gasteiger partial charge is 0.0568 e. The van der Waals surface area contributed by atoms with Gasteiger partial charge in [0.2, 0.25) is 0 Å². The van der Waals surface area contributed by atoms with Gasteiger partial charge in [0, 0.05) is 6.04 Å². The number of allylic oxidation sites excluding steroid dienone is 3. The Morgan fingerprint density at radius 3 is 2.69 bits per heavy atom. The summed E-state index contributed by atoms with van der Waals surface area (Å²) in [5.41, 5.74) is 0.992. The molecule has 0 aromatic heterocycles. The van der Waals surface area contributed by atoms with Gasteiger partial charge < -0.3 is 0 Å². The second-order valence-electron chi connectivity index (χ2n) is 3.25. The molecule has 13 heavy (non-hydrogen) atoms. The number of rotatable bonds is 6. The Balaban J connectivity index is 4.07. The summed E-state index contributed by atoms with van der Waals surface area (Å²) < 4.78 is 0. The zero-order valence-electron chi connectivity index (χ0n) is 9.09. The van der Waals surface area contributed by atoms with Gasteiger partial charge in [-0.2, -0.15) is 0 Å². The van der Waals surface area contributed by atoms with Crippen molar-refractivity contribution < 1.29 is 0 Å². The lowest BCUT2D eigenvalue weighted by atomic mass is 10.1. The molecule has 1 nitrogen and oxygen atoms in total. The molecule has 1 heteroatoms. The van der Waals surface area contributed by atoms with Gasteiger partial charge in [-0.1, -0.05) is 32.4 Å². The molecule has 0 aromatic carbocycles. The van der Waals surface area contributed by atoms with Gasteiger partial charge in [0.15, 0.2) is 0 Å². The van der Waals surface area contributed by atoms with Crippen molar-refractivity contribution in [2.75, 3.05) is 0 Å². The minimum atomic E-state index is 0.421. The fraction of sp³-hybridized carbons (Fsp3) is 0.583. The fourth-order valence-electron chi connectivity index (χ4n) is 1.15. The van der Waals surface area contributed by atoms with Gasteiger partial charge in [0.05, 0.1) is 5.71 Å². The summed E-state index contributed by atoms with van der Waals surface area (Å²) in [6.07, 6.45) is 9.47. The van der Waals surface area contributed by atoms with Crippen molar-refractivity contribution in [3.05, 3.63) is 24.8 Å². The molecule has 1 unspecified atom stereocenters. The summed E-state index contributed by atoms with van der Waals surface area (Å²) in [6.45, 7) is 10.1. The molecule has 0 amide bonds. The molecule has 0 rings (SSSR count). The summed E-state index contributed by atoms with van der Waals surface area (Å²) in [5, 5.41) is 0. The van der Waals surface area contributed by atoms with Crippen LogP contribution >= 0.6 is 0 Å². The van der Waals surface area contributed by atoms with Crippen molar-refractivity contribution in [3.8, 4) is 0 Å². The van der Waals surface area contributed by atoms with E-state index in [1.807, 2.05) is 25.2 Å². The molecule has 0 aliphatic carbocycles. The predicted molar refractivity (Wildman–Crippen MR) is 61.4 cm³/mol. The standard InChI is InChI=1S/C12H21N/c1-5-8-10-11(4)13-12(7-3)9-6-2/h6-7,9,11H,3,5,8,10H2,1-2,4H3/b9-6-,13-12-. The van der Waals surface area contributed by atoms with Gasteiger partial charge in [-0.25, -0.2) is 0 Å². The molecule has 0 aliphatic rings. The van der Waals surface area contributed by atoms with E-state index in [4.69, 9.17) is 0 Å². The maximum Gasteiger partial charge on any atom is 0.0568 e. The first-order valence-corrected chi connectivity index (χ1v) is 5.07. The Labute approximate surface area is 82.3 Å². The van der Waals surface area contributed by atoms with E-state index in [9.17, 15) is 0 Å². The molecule has 0 saturated heterocycles. The van der Waals surface area contributed by atoms with E-state index in [-0.39, 0.29) is 0 Å². The summed E-state index contributed by atoms with van der Waals surface area (Å²) in [7, 11) is 0. The molecule has 0 fully saturated rings. The minimum Gasteiger partial charge on any atom is -0.282 e. The van der Waals surface area contributed by atoms with Crippen molar-refractivity contribution in [1.82, 2.24) is 0 Å². The Morgan fingerprint density at radius 2 is 2.23 bits per heavy atom.